The van der Waals surface area contributed by atoms with Crippen molar-refractivity contribution in [1.29, 1.82) is 0 Å². The first-order chi connectivity index (χ1) is 34.2. The fraction of sp³-hybridized carbons (Fsp3) is 0. The molecule has 0 bridgehead atoms. The Morgan fingerprint density at radius 3 is 1.38 bits per heavy atom. The van der Waals surface area contributed by atoms with E-state index in [1.165, 1.54) is 64.5 Å². The molecule has 2 heterocycles. The summed E-state index contributed by atoms with van der Waals surface area (Å²) in [5.41, 5.74) is 12.2. The molecule has 0 unspecified atom stereocenters. The van der Waals surface area contributed by atoms with E-state index >= 15 is 0 Å². The molecule has 0 aliphatic carbocycles. The second kappa shape index (κ2) is 16.8. The van der Waals surface area contributed by atoms with Gasteiger partial charge in [0.15, 0.2) is 25.5 Å². The average Bonchev–Trinajstić information content (AvgIpc) is 3.73. The molecule has 322 valence electrons. The quantitative estimate of drug-likeness (QED) is 0.143. The molecule has 4 heteroatoms. The molecule has 0 spiro atoms. The molecule has 0 saturated carbocycles. The highest BCUT2D eigenvalue weighted by Crippen LogP contribution is 2.38. The number of benzene rings is 11. The van der Waals surface area contributed by atoms with Crippen LogP contribution in [-0.2, 0) is 0 Å². The van der Waals surface area contributed by atoms with E-state index in [9.17, 15) is 0 Å². The summed E-state index contributed by atoms with van der Waals surface area (Å²) in [6, 6.07) is 94.4. The van der Waals surface area contributed by atoms with Crippen LogP contribution in [-0.4, -0.2) is 23.0 Å². The van der Waals surface area contributed by atoms with E-state index in [1.54, 1.807) is 0 Å². The van der Waals surface area contributed by atoms with Crippen LogP contribution in [0.2, 0.25) is 0 Å². The van der Waals surface area contributed by atoms with Crippen LogP contribution in [0.15, 0.2) is 261 Å². The van der Waals surface area contributed by atoms with Crippen LogP contribution < -0.4 is 20.7 Å². The van der Waals surface area contributed by atoms with Gasteiger partial charge in [0.1, 0.15) is 0 Å². The highest BCUT2D eigenvalue weighted by Gasteiger charge is 2.48. The Bertz CT molecular complexity index is 3850. The van der Waals surface area contributed by atoms with Gasteiger partial charge in [0.25, 0.3) is 0 Å². The van der Waals surface area contributed by atoms with Crippen LogP contribution in [0, 0.1) is 0 Å². The first-order valence-corrected chi connectivity index (χ1v) is 25.6. The lowest BCUT2D eigenvalue weighted by Crippen LogP contribution is -2.72. The first-order valence-electron chi connectivity index (χ1n) is 23.6. The standard InChI is InChI=1S/C65H43N3Si/c1-3-24-51(25-4-1)69(52-26-5-2-6-27-52)61-35-14-13-31-58(61)59-41-40-50(43-62(59)69)64-66-63(67-65(68-64)60-32-12-11-30-57(60)56-34-17-21-46-19-8-10-29-55(46)56)49-23-15-22-48(42-49)44-36-38-47(39-37-44)54-33-16-20-45-18-7-9-28-53(45)54/h1-43H. The SMILES string of the molecule is c1ccc([Si]2(c3ccccc3)c3ccccc3-c3ccc(-c4nc(-c5cccc(-c6ccc(-c7cccc8ccccc78)cc6)c5)nc(-c5ccccc5-c5cccc6ccccc56)n4)cc32)cc1. The maximum Gasteiger partial charge on any atom is 0.180 e. The molecule has 3 nitrogen and oxygen atoms in total. The van der Waals surface area contributed by atoms with Crippen molar-refractivity contribution in [3.8, 4) is 78.7 Å². The maximum absolute atomic E-state index is 5.47. The minimum absolute atomic E-state index is 0.621. The van der Waals surface area contributed by atoms with Gasteiger partial charge in [-0.05, 0) is 92.9 Å². The van der Waals surface area contributed by atoms with E-state index in [-0.39, 0.29) is 0 Å². The molecule has 1 aromatic heterocycles. The van der Waals surface area contributed by atoms with Crippen molar-refractivity contribution in [3.63, 3.8) is 0 Å². The summed E-state index contributed by atoms with van der Waals surface area (Å²) >= 11 is 0. The zero-order valence-electron chi connectivity index (χ0n) is 37.7. The molecule has 0 radical (unpaired) electrons. The van der Waals surface area contributed by atoms with Crippen LogP contribution in [0.4, 0.5) is 0 Å². The molecule has 0 saturated heterocycles. The Labute approximate surface area is 402 Å². The summed E-state index contributed by atoms with van der Waals surface area (Å²) in [7, 11) is -2.78. The van der Waals surface area contributed by atoms with Crippen LogP contribution >= 0.6 is 0 Å². The molecule has 1 aliphatic heterocycles. The Morgan fingerprint density at radius 2 is 0.681 bits per heavy atom. The highest BCUT2D eigenvalue weighted by atomic mass is 28.3. The smallest absolute Gasteiger partial charge is 0.180 e. The summed E-state index contributed by atoms with van der Waals surface area (Å²) in [4.78, 5) is 16.3. The molecule has 1 aliphatic rings. The molecular weight excluding hydrogens is 851 g/mol. The van der Waals surface area contributed by atoms with Crippen LogP contribution in [0.25, 0.3) is 100 Å². The Balaban J connectivity index is 0.996. The normalized spacial score (nSPS) is 12.5. The van der Waals surface area contributed by atoms with Gasteiger partial charge < -0.3 is 0 Å². The summed E-state index contributed by atoms with van der Waals surface area (Å²) in [6.07, 6.45) is 0. The lowest BCUT2D eigenvalue weighted by atomic mass is 9.94. The minimum atomic E-state index is -2.78. The molecule has 0 fully saturated rings. The van der Waals surface area contributed by atoms with Gasteiger partial charge >= 0.3 is 0 Å². The molecule has 0 N–H and O–H groups in total. The second-order valence-electron chi connectivity index (χ2n) is 17.9. The third-order valence-electron chi connectivity index (χ3n) is 14.0. The summed E-state index contributed by atoms with van der Waals surface area (Å²) < 4.78 is 0. The van der Waals surface area contributed by atoms with Crippen molar-refractivity contribution in [1.82, 2.24) is 15.0 Å². The summed E-state index contributed by atoms with van der Waals surface area (Å²) in [5.74, 6) is 1.88. The lowest BCUT2D eigenvalue weighted by molar-refractivity contribution is 1.07. The minimum Gasteiger partial charge on any atom is -0.208 e. The Hall–Kier alpha value is -8.83. The Morgan fingerprint density at radius 1 is 0.232 bits per heavy atom. The molecule has 0 atom stereocenters. The number of aromatic nitrogens is 3. The van der Waals surface area contributed by atoms with Crippen LogP contribution in [0.1, 0.15) is 0 Å². The van der Waals surface area contributed by atoms with Gasteiger partial charge in [-0.3, -0.25) is 0 Å². The molecular formula is C65H43N3Si. The first kappa shape index (κ1) is 40.4. The van der Waals surface area contributed by atoms with E-state index in [0.717, 1.165) is 38.9 Å². The van der Waals surface area contributed by atoms with E-state index < -0.39 is 8.07 Å². The number of fused-ring (bicyclic) bond motifs is 5. The van der Waals surface area contributed by atoms with Crippen molar-refractivity contribution in [3.05, 3.63) is 261 Å². The molecule has 11 aromatic carbocycles. The number of hydrogen-bond donors (Lipinski definition) is 0. The zero-order valence-corrected chi connectivity index (χ0v) is 38.7. The van der Waals surface area contributed by atoms with Crippen molar-refractivity contribution < 1.29 is 0 Å². The number of hydrogen-bond acceptors (Lipinski definition) is 3. The van der Waals surface area contributed by atoms with E-state index in [1.807, 2.05) is 0 Å². The van der Waals surface area contributed by atoms with Gasteiger partial charge in [0.05, 0.1) is 0 Å². The van der Waals surface area contributed by atoms with Gasteiger partial charge in [-0.15, -0.1) is 0 Å². The summed E-state index contributed by atoms with van der Waals surface area (Å²) in [5, 5.41) is 10.3. The van der Waals surface area contributed by atoms with Crippen molar-refractivity contribution in [2.75, 3.05) is 0 Å². The van der Waals surface area contributed by atoms with Crippen molar-refractivity contribution in [2.24, 2.45) is 0 Å². The van der Waals surface area contributed by atoms with Gasteiger partial charge in [-0.2, -0.15) is 0 Å². The third-order valence-corrected chi connectivity index (χ3v) is 18.9. The summed E-state index contributed by atoms with van der Waals surface area (Å²) in [6.45, 7) is 0. The van der Waals surface area contributed by atoms with E-state index in [2.05, 4.69) is 261 Å². The third kappa shape index (κ3) is 6.84. The van der Waals surface area contributed by atoms with Gasteiger partial charge in [-0.1, -0.05) is 255 Å². The lowest BCUT2D eigenvalue weighted by Gasteiger charge is -2.31. The predicted molar refractivity (Wildman–Crippen MR) is 290 cm³/mol. The Kier molecular flexibility index (Phi) is 9.85. The maximum atomic E-state index is 5.47. The fourth-order valence-corrected chi connectivity index (χ4v) is 16.1. The molecule has 69 heavy (non-hydrogen) atoms. The molecule has 13 rings (SSSR count). The largest absolute Gasteiger partial charge is 0.208 e. The van der Waals surface area contributed by atoms with Gasteiger partial charge in [0.2, 0.25) is 0 Å². The van der Waals surface area contributed by atoms with E-state index in [0.29, 0.717) is 17.5 Å². The van der Waals surface area contributed by atoms with Crippen molar-refractivity contribution in [2.45, 2.75) is 0 Å². The van der Waals surface area contributed by atoms with Gasteiger partial charge in [-0.25, -0.2) is 15.0 Å². The van der Waals surface area contributed by atoms with Crippen LogP contribution in [0.5, 0.6) is 0 Å². The zero-order chi connectivity index (χ0) is 45.7. The average molecular weight is 894 g/mol. The topological polar surface area (TPSA) is 38.7 Å². The van der Waals surface area contributed by atoms with Crippen LogP contribution in [0.3, 0.4) is 0 Å². The van der Waals surface area contributed by atoms with E-state index in [4.69, 9.17) is 15.0 Å². The second-order valence-corrected chi connectivity index (χ2v) is 21.6. The van der Waals surface area contributed by atoms with Crippen molar-refractivity contribution >= 4 is 50.4 Å². The molecule has 12 aromatic rings. The molecule has 0 amide bonds. The van der Waals surface area contributed by atoms with Gasteiger partial charge in [0, 0.05) is 16.7 Å². The fourth-order valence-electron chi connectivity index (χ4n) is 10.9. The number of rotatable bonds is 8. The number of nitrogens with zero attached hydrogens (tertiary/aromatic N) is 3. The monoisotopic (exact) mass is 893 g/mol. The predicted octanol–water partition coefficient (Wildman–Crippen LogP) is 13.5. The highest BCUT2D eigenvalue weighted by molar-refractivity contribution is 7.22.